The molecule has 1 aromatic rings. The number of ether oxygens (including phenoxy) is 1. The summed E-state index contributed by atoms with van der Waals surface area (Å²) in [6.45, 7) is 2.09. The average Bonchev–Trinajstić information content (AvgIpc) is 2.48. The van der Waals surface area contributed by atoms with E-state index < -0.39 is 0 Å². The number of amides is 1. The standard InChI is InChI=1S/C15H19N3O2/c16-11-12-4-6-13(7-5-12)20-10-9-18-8-2-1-3-14(18)15(17)19/h4-7,14H,1-3,8-10H2,(H2,17,19)/t14-/m0/s1. The minimum atomic E-state index is -0.247. The van der Waals surface area contributed by atoms with Gasteiger partial charge in [0, 0.05) is 6.54 Å². The second-order valence-corrected chi connectivity index (χ2v) is 4.93. The molecule has 5 nitrogen and oxygen atoms in total. The van der Waals surface area contributed by atoms with Gasteiger partial charge in [-0.05, 0) is 43.7 Å². The molecule has 1 aliphatic rings. The van der Waals surface area contributed by atoms with Crippen LogP contribution in [0.2, 0.25) is 0 Å². The molecule has 1 heterocycles. The molecule has 2 rings (SSSR count). The summed E-state index contributed by atoms with van der Waals surface area (Å²) in [7, 11) is 0. The van der Waals surface area contributed by atoms with E-state index in [2.05, 4.69) is 11.0 Å². The Hall–Kier alpha value is -2.06. The molecule has 1 aliphatic heterocycles. The quantitative estimate of drug-likeness (QED) is 0.876. The lowest BCUT2D eigenvalue weighted by Crippen LogP contribution is -2.48. The molecule has 0 aliphatic carbocycles. The minimum absolute atomic E-state index is 0.159. The lowest BCUT2D eigenvalue weighted by molar-refractivity contribution is -0.124. The maximum atomic E-state index is 11.4. The third-order valence-electron chi connectivity index (χ3n) is 3.57. The van der Waals surface area contributed by atoms with E-state index in [1.807, 2.05) is 0 Å². The van der Waals surface area contributed by atoms with E-state index in [0.717, 1.165) is 31.6 Å². The molecule has 0 radical (unpaired) electrons. The van der Waals surface area contributed by atoms with Gasteiger partial charge in [-0.15, -0.1) is 0 Å². The highest BCUT2D eigenvalue weighted by Crippen LogP contribution is 2.17. The Morgan fingerprint density at radius 3 is 2.80 bits per heavy atom. The van der Waals surface area contributed by atoms with Gasteiger partial charge in [0.05, 0.1) is 17.7 Å². The normalized spacial score (nSPS) is 19.2. The molecule has 1 amide bonds. The Morgan fingerprint density at radius 1 is 1.40 bits per heavy atom. The van der Waals surface area contributed by atoms with Gasteiger partial charge in [0.25, 0.3) is 0 Å². The van der Waals surface area contributed by atoms with Gasteiger partial charge in [-0.1, -0.05) is 6.42 Å². The van der Waals surface area contributed by atoms with Crippen LogP contribution in [0.1, 0.15) is 24.8 Å². The molecule has 2 N–H and O–H groups in total. The Kier molecular flexibility index (Phi) is 4.97. The first kappa shape index (κ1) is 14.4. The number of piperidine rings is 1. The number of primary amides is 1. The molecule has 1 atom stereocenters. The summed E-state index contributed by atoms with van der Waals surface area (Å²) < 4.78 is 5.63. The summed E-state index contributed by atoms with van der Waals surface area (Å²) >= 11 is 0. The zero-order chi connectivity index (χ0) is 14.4. The summed E-state index contributed by atoms with van der Waals surface area (Å²) in [5, 5.41) is 8.71. The van der Waals surface area contributed by atoms with Gasteiger partial charge in [-0.3, -0.25) is 9.69 Å². The number of rotatable bonds is 5. The number of hydrogen-bond acceptors (Lipinski definition) is 4. The summed E-state index contributed by atoms with van der Waals surface area (Å²) in [5.74, 6) is 0.486. The third kappa shape index (κ3) is 3.72. The van der Waals surface area contributed by atoms with Gasteiger partial charge in [-0.2, -0.15) is 5.26 Å². The van der Waals surface area contributed by atoms with Crippen LogP contribution in [-0.2, 0) is 4.79 Å². The SMILES string of the molecule is N#Cc1ccc(OCCN2CCCC[C@H]2C(N)=O)cc1. The summed E-state index contributed by atoms with van der Waals surface area (Å²) in [5.41, 5.74) is 6.03. The highest BCUT2D eigenvalue weighted by Gasteiger charge is 2.26. The van der Waals surface area contributed by atoms with Crippen molar-refractivity contribution in [1.82, 2.24) is 4.90 Å². The lowest BCUT2D eigenvalue weighted by Gasteiger charge is -2.33. The van der Waals surface area contributed by atoms with Crippen LogP contribution >= 0.6 is 0 Å². The van der Waals surface area contributed by atoms with Gasteiger partial charge < -0.3 is 10.5 Å². The molecule has 0 bridgehead atoms. The van der Waals surface area contributed by atoms with Crippen LogP contribution in [0.3, 0.4) is 0 Å². The topological polar surface area (TPSA) is 79.3 Å². The molecular weight excluding hydrogens is 254 g/mol. The van der Waals surface area contributed by atoms with Crippen molar-refractivity contribution in [1.29, 1.82) is 5.26 Å². The smallest absolute Gasteiger partial charge is 0.234 e. The van der Waals surface area contributed by atoms with Gasteiger partial charge in [-0.25, -0.2) is 0 Å². The minimum Gasteiger partial charge on any atom is -0.492 e. The molecule has 5 heteroatoms. The zero-order valence-electron chi connectivity index (χ0n) is 11.4. The molecule has 0 spiro atoms. The predicted molar refractivity (Wildman–Crippen MR) is 75.1 cm³/mol. The fraction of sp³-hybridized carbons (Fsp3) is 0.467. The maximum absolute atomic E-state index is 11.4. The third-order valence-corrected chi connectivity index (χ3v) is 3.57. The number of nitrogens with two attached hydrogens (primary N) is 1. The van der Waals surface area contributed by atoms with Crippen molar-refractivity contribution in [3.8, 4) is 11.8 Å². The lowest BCUT2D eigenvalue weighted by atomic mass is 10.0. The predicted octanol–water partition coefficient (Wildman–Crippen LogP) is 1.28. The van der Waals surface area contributed by atoms with E-state index in [1.54, 1.807) is 24.3 Å². The van der Waals surface area contributed by atoms with Crippen LogP contribution in [0.25, 0.3) is 0 Å². The maximum Gasteiger partial charge on any atom is 0.234 e. The zero-order valence-corrected chi connectivity index (χ0v) is 11.4. The van der Waals surface area contributed by atoms with Crippen molar-refractivity contribution in [2.24, 2.45) is 5.73 Å². The summed E-state index contributed by atoms with van der Waals surface area (Å²) in [6, 6.07) is 8.91. The number of carbonyl (C=O) groups excluding carboxylic acids is 1. The molecule has 106 valence electrons. The molecule has 1 saturated heterocycles. The molecule has 0 saturated carbocycles. The first-order valence-electron chi connectivity index (χ1n) is 6.87. The van der Waals surface area contributed by atoms with Gasteiger partial charge >= 0.3 is 0 Å². The van der Waals surface area contributed by atoms with Crippen LogP contribution in [0, 0.1) is 11.3 Å². The highest BCUT2D eigenvalue weighted by molar-refractivity contribution is 5.79. The first-order chi connectivity index (χ1) is 9.70. The van der Waals surface area contributed by atoms with Crippen molar-refractivity contribution in [3.05, 3.63) is 29.8 Å². The molecular formula is C15H19N3O2. The van der Waals surface area contributed by atoms with E-state index in [9.17, 15) is 4.79 Å². The Balaban J connectivity index is 1.82. The molecule has 1 fully saturated rings. The van der Waals surface area contributed by atoms with Crippen LogP contribution in [0.15, 0.2) is 24.3 Å². The number of likely N-dealkylation sites (tertiary alicyclic amines) is 1. The second kappa shape index (κ2) is 6.92. The second-order valence-electron chi connectivity index (χ2n) is 4.93. The molecule has 20 heavy (non-hydrogen) atoms. The summed E-state index contributed by atoms with van der Waals surface area (Å²) in [6.07, 6.45) is 2.99. The monoisotopic (exact) mass is 273 g/mol. The number of benzene rings is 1. The number of nitriles is 1. The molecule has 0 aromatic heterocycles. The Morgan fingerprint density at radius 2 is 2.15 bits per heavy atom. The molecule has 1 aromatic carbocycles. The van der Waals surface area contributed by atoms with E-state index in [0.29, 0.717) is 18.7 Å². The van der Waals surface area contributed by atoms with Gasteiger partial charge in [0.1, 0.15) is 12.4 Å². The molecule has 0 unspecified atom stereocenters. The van der Waals surface area contributed by atoms with Crippen molar-refractivity contribution < 1.29 is 9.53 Å². The first-order valence-corrected chi connectivity index (χ1v) is 6.87. The van der Waals surface area contributed by atoms with Crippen LogP contribution in [0.5, 0.6) is 5.75 Å². The van der Waals surface area contributed by atoms with Crippen molar-refractivity contribution in [3.63, 3.8) is 0 Å². The van der Waals surface area contributed by atoms with E-state index in [-0.39, 0.29) is 11.9 Å². The summed E-state index contributed by atoms with van der Waals surface area (Å²) in [4.78, 5) is 13.5. The average molecular weight is 273 g/mol. The van der Waals surface area contributed by atoms with E-state index in [4.69, 9.17) is 15.7 Å². The van der Waals surface area contributed by atoms with Crippen molar-refractivity contribution in [2.75, 3.05) is 19.7 Å². The van der Waals surface area contributed by atoms with Gasteiger partial charge in [0.2, 0.25) is 5.91 Å². The Labute approximate surface area is 118 Å². The van der Waals surface area contributed by atoms with Crippen LogP contribution in [0.4, 0.5) is 0 Å². The van der Waals surface area contributed by atoms with E-state index in [1.165, 1.54) is 0 Å². The van der Waals surface area contributed by atoms with E-state index >= 15 is 0 Å². The van der Waals surface area contributed by atoms with Crippen molar-refractivity contribution in [2.45, 2.75) is 25.3 Å². The van der Waals surface area contributed by atoms with Crippen LogP contribution in [-0.4, -0.2) is 36.5 Å². The number of nitrogens with zero attached hydrogens (tertiary/aromatic N) is 2. The number of hydrogen-bond donors (Lipinski definition) is 1. The van der Waals surface area contributed by atoms with Crippen molar-refractivity contribution >= 4 is 5.91 Å². The fourth-order valence-corrected chi connectivity index (χ4v) is 2.49. The van der Waals surface area contributed by atoms with Crippen LogP contribution < -0.4 is 10.5 Å². The fourth-order valence-electron chi connectivity index (χ4n) is 2.49. The van der Waals surface area contributed by atoms with Gasteiger partial charge in [0.15, 0.2) is 0 Å². The Bertz CT molecular complexity index is 493. The number of carbonyl (C=O) groups is 1. The highest BCUT2D eigenvalue weighted by atomic mass is 16.5. The largest absolute Gasteiger partial charge is 0.492 e.